The van der Waals surface area contributed by atoms with Gasteiger partial charge in [0.1, 0.15) is 5.75 Å². The summed E-state index contributed by atoms with van der Waals surface area (Å²) < 4.78 is 17.0. The molecule has 0 bridgehead atoms. The van der Waals surface area contributed by atoms with Crippen molar-refractivity contribution in [3.05, 3.63) is 42.0 Å². The quantitative estimate of drug-likeness (QED) is 0.588. The Morgan fingerprint density at radius 1 is 1.14 bits per heavy atom. The molecule has 1 aromatic heterocycles. The summed E-state index contributed by atoms with van der Waals surface area (Å²) in [6.07, 6.45) is 0. The van der Waals surface area contributed by atoms with Crippen molar-refractivity contribution in [2.24, 2.45) is 0 Å². The summed E-state index contributed by atoms with van der Waals surface area (Å²) in [6, 6.07) is 10.9. The fraction of sp³-hybridized carbons (Fsp3) is 0.300. The van der Waals surface area contributed by atoms with Gasteiger partial charge in [0.2, 0.25) is 6.79 Å². The number of nitrogens with zero attached hydrogens (tertiary/aromatic N) is 3. The third-order valence-electron chi connectivity index (χ3n) is 4.46. The van der Waals surface area contributed by atoms with Crippen LogP contribution in [0.15, 0.2) is 36.4 Å². The van der Waals surface area contributed by atoms with E-state index in [0.29, 0.717) is 34.5 Å². The summed E-state index contributed by atoms with van der Waals surface area (Å²) in [6.45, 7) is 1.48. The maximum atomic E-state index is 13.2. The molecular formula is C20H22ClN3O4S. The van der Waals surface area contributed by atoms with Crippen molar-refractivity contribution in [1.82, 2.24) is 9.88 Å². The van der Waals surface area contributed by atoms with Gasteiger partial charge in [-0.1, -0.05) is 11.3 Å². The number of thiazole rings is 1. The van der Waals surface area contributed by atoms with Gasteiger partial charge in [0.05, 0.1) is 17.3 Å². The molecule has 29 heavy (non-hydrogen) atoms. The van der Waals surface area contributed by atoms with Gasteiger partial charge >= 0.3 is 0 Å². The van der Waals surface area contributed by atoms with Crippen LogP contribution in [-0.4, -0.2) is 56.9 Å². The van der Waals surface area contributed by atoms with Gasteiger partial charge in [-0.05, 0) is 38.4 Å². The number of carbonyl (C=O) groups excluding carboxylic acids is 1. The molecule has 4 rings (SSSR count). The first kappa shape index (κ1) is 21.2. The molecule has 0 fully saturated rings. The predicted molar refractivity (Wildman–Crippen MR) is 116 cm³/mol. The van der Waals surface area contributed by atoms with Crippen molar-refractivity contribution in [2.45, 2.75) is 0 Å². The number of methoxy groups -OCH3 is 1. The summed E-state index contributed by atoms with van der Waals surface area (Å²) in [5.74, 6) is 2.02. The lowest BCUT2D eigenvalue weighted by atomic mass is 10.2. The van der Waals surface area contributed by atoms with E-state index in [-0.39, 0.29) is 25.1 Å². The molecule has 1 amide bonds. The third-order valence-corrected chi connectivity index (χ3v) is 5.50. The van der Waals surface area contributed by atoms with E-state index in [1.54, 1.807) is 36.3 Å². The highest BCUT2D eigenvalue weighted by atomic mass is 35.5. The van der Waals surface area contributed by atoms with Crippen LogP contribution in [-0.2, 0) is 0 Å². The molecule has 2 aromatic carbocycles. The maximum Gasteiger partial charge on any atom is 0.260 e. The minimum absolute atomic E-state index is 0. The molecule has 7 nitrogen and oxygen atoms in total. The number of carbonyl (C=O) groups is 1. The van der Waals surface area contributed by atoms with Crippen LogP contribution in [0, 0.1) is 0 Å². The van der Waals surface area contributed by atoms with Crippen LogP contribution >= 0.6 is 23.7 Å². The molecule has 0 N–H and O–H groups in total. The van der Waals surface area contributed by atoms with Gasteiger partial charge in [-0.25, -0.2) is 4.98 Å². The van der Waals surface area contributed by atoms with Gasteiger partial charge in [0.25, 0.3) is 5.91 Å². The fourth-order valence-corrected chi connectivity index (χ4v) is 3.90. The van der Waals surface area contributed by atoms with Gasteiger partial charge in [-0.2, -0.15) is 0 Å². The molecule has 0 aliphatic carbocycles. The molecule has 1 aliphatic heterocycles. The standard InChI is InChI=1S/C20H21N3O4S.ClH/c1-22(2)8-9-23(19(24)13-4-6-14(25-3)7-5-13)20-21-15-10-16-17(27-12-26-16)11-18(15)28-20;/h4-7,10-11H,8-9,12H2,1-3H3;1H. The maximum absolute atomic E-state index is 13.2. The SMILES string of the molecule is COc1ccc(C(=O)N(CCN(C)C)c2nc3cc4c(cc3s2)OCO4)cc1.Cl. The molecule has 1 aliphatic rings. The number of likely N-dealkylation sites (N-methyl/N-ethyl adjacent to an activating group) is 1. The summed E-state index contributed by atoms with van der Waals surface area (Å²) in [4.78, 5) is 21.7. The predicted octanol–water partition coefficient (Wildman–Crippen LogP) is 3.66. The normalized spacial score (nSPS) is 12.1. The molecule has 2 heterocycles. The Hall–Kier alpha value is -2.55. The van der Waals surface area contributed by atoms with Crippen LogP contribution < -0.4 is 19.1 Å². The summed E-state index contributed by atoms with van der Waals surface area (Å²) in [5, 5.41) is 0.654. The monoisotopic (exact) mass is 435 g/mol. The number of anilines is 1. The number of aromatic nitrogens is 1. The number of fused-ring (bicyclic) bond motifs is 2. The van der Waals surface area contributed by atoms with Crippen LogP contribution in [0.1, 0.15) is 10.4 Å². The zero-order valence-electron chi connectivity index (χ0n) is 16.4. The zero-order valence-corrected chi connectivity index (χ0v) is 18.0. The number of ether oxygens (including phenoxy) is 3. The van der Waals surface area contributed by atoms with Crippen molar-refractivity contribution in [3.63, 3.8) is 0 Å². The number of rotatable bonds is 6. The summed E-state index contributed by atoms with van der Waals surface area (Å²) in [5.41, 5.74) is 1.38. The molecule has 0 spiro atoms. The average molecular weight is 436 g/mol. The van der Waals surface area contributed by atoms with Crippen molar-refractivity contribution in [2.75, 3.05) is 46.0 Å². The largest absolute Gasteiger partial charge is 0.497 e. The second-order valence-corrected chi connectivity index (χ2v) is 7.67. The van der Waals surface area contributed by atoms with E-state index in [4.69, 9.17) is 19.2 Å². The highest BCUT2D eigenvalue weighted by Gasteiger charge is 2.23. The van der Waals surface area contributed by atoms with Gasteiger partial charge in [-0.3, -0.25) is 9.69 Å². The Morgan fingerprint density at radius 2 is 1.83 bits per heavy atom. The van der Waals surface area contributed by atoms with Crippen LogP contribution in [0.25, 0.3) is 10.2 Å². The van der Waals surface area contributed by atoms with Gasteiger partial charge in [0, 0.05) is 30.8 Å². The molecule has 0 saturated carbocycles. The lowest BCUT2D eigenvalue weighted by Crippen LogP contribution is -2.36. The molecule has 0 unspecified atom stereocenters. The van der Waals surface area contributed by atoms with Crippen molar-refractivity contribution < 1.29 is 19.0 Å². The number of halogens is 1. The average Bonchev–Trinajstić information content (AvgIpc) is 3.31. The van der Waals surface area contributed by atoms with Crippen molar-refractivity contribution >= 4 is 45.0 Å². The minimum Gasteiger partial charge on any atom is -0.497 e. The zero-order chi connectivity index (χ0) is 19.7. The molecule has 3 aromatic rings. The van der Waals surface area contributed by atoms with E-state index in [9.17, 15) is 4.79 Å². The summed E-state index contributed by atoms with van der Waals surface area (Å²) >= 11 is 1.47. The van der Waals surface area contributed by atoms with E-state index in [0.717, 1.165) is 16.8 Å². The lowest BCUT2D eigenvalue weighted by molar-refractivity contribution is 0.0985. The Morgan fingerprint density at radius 3 is 2.48 bits per heavy atom. The number of hydrogen-bond acceptors (Lipinski definition) is 7. The van der Waals surface area contributed by atoms with Crippen LogP contribution in [0.4, 0.5) is 5.13 Å². The van der Waals surface area contributed by atoms with Gasteiger partial charge in [0.15, 0.2) is 16.6 Å². The van der Waals surface area contributed by atoms with E-state index >= 15 is 0 Å². The summed E-state index contributed by atoms with van der Waals surface area (Å²) in [7, 11) is 5.56. The molecule has 0 radical (unpaired) electrons. The first-order valence-corrected chi connectivity index (χ1v) is 9.67. The van der Waals surface area contributed by atoms with E-state index < -0.39 is 0 Å². The van der Waals surface area contributed by atoms with E-state index in [1.165, 1.54) is 11.3 Å². The van der Waals surface area contributed by atoms with Crippen molar-refractivity contribution in [1.29, 1.82) is 0 Å². The highest BCUT2D eigenvalue weighted by Crippen LogP contribution is 2.40. The Balaban J connectivity index is 0.00000240. The Kier molecular flexibility index (Phi) is 6.46. The second kappa shape index (κ2) is 8.86. The molecule has 0 atom stereocenters. The van der Waals surface area contributed by atoms with E-state index in [1.807, 2.05) is 31.1 Å². The number of benzene rings is 2. The fourth-order valence-electron chi connectivity index (χ4n) is 2.89. The minimum atomic E-state index is -0.0939. The molecule has 0 saturated heterocycles. The third kappa shape index (κ3) is 4.39. The van der Waals surface area contributed by atoms with Crippen LogP contribution in [0.2, 0.25) is 0 Å². The smallest absolute Gasteiger partial charge is 0.260 e. The van der Waals surface area contributed by atoms with Crippen LogP contribution in [0.5, 0.6) is 17.2 Å². The topological polar surface area (TPSA) is 64.1 Å². The lowest BCUT2D eigenvalue weighted by Gasteiger charge is -2.22. The Labute approximate surface area is 179 Å². The molecule has 154 valence electrons. The van der Waals surface area contributed by atoms with Crippen LogP contribution in [0.3, 0.4) is 0 Å². The molecular weight excluding hydrogens is 414 g/mol. The van der Waals surface area contributed by atoms with E-state index in [2.05, 4.69) is 0 Å². The Bertz CT molecular complexity index is 966. The van der Waals surface area contributed by atoms with Gasteiger partial charge < -0.3 is 19.1 Å². The molecule has 9 heteroatoms. The van der Waals surface area contributed by atoms with Crippen molar-refractivity contribution in [3.8, 4) is 17.2 Å². The number of hydrogen-bond donors (Lipinski definition) is 0. The first-order chi connectivity index (χ1) is 13.5. The van der Waals surface area contributed by atoms with Gasteiger partial charge in [-0.15, -0.1) is 12.4 Å². The second-order valence-electron chi connectivity index (χ2n) is 6.66. The number of amides is 1. The first-order valence-electron chi connectivity index (χ1n) is 8.86. The highest BCUT2D eigenvalue weighted by molar-refractivity contribution is 7.22.